The summed E-state index contributed by atoms with van der Waals surface area (Å²) in [7, 11) is 0. The maximum Gasteiger partial charge on any atom is 0.247 e. The zero-order valence-electron chi connectivity index (χ0n) is 21.6. The first-order valence-corrected chi connectivity index (χ1v) is 12.5. The van der Waals surface area contributed by atoms with Gasteiger partial charge in [-0.05, 0) is 57.1 Å². The SMILES string of the molecule is CCc1ncnc(N/C(=C/C(C)=C(\C)C(=O)NC2(C(C)CC)CCCCC2)C(C)=O)c1CC. The molecule has 182 valence electrons. The zero-order valence-corrected chi connectivity index (χ0v) is 21.6. The van der Waals surface area contributed by atoms with Crippen LogP contribution in [0.15, 0.2) is 29.2 Å². The molecule has 0 saturated heterocycles. The number of aryl methyl sites for hydroxylation is 1. The van der Waals surface area contributed by atoms with Gasteiger partial charge in [-0.15, -0.1) is 0 Å². The van der Waals surface area contributed by atoms with E-state index in [2.05, 4.69) is 48.3 Å². The predicted octanol–water partition coefficient (Wildman–Crippen LogP) is 5.69. The van der Waals surface area contributed by atoms with E-state index in [1.807, 2.05) is 13.8 Å². The lowest BCUT2D eigenvalue weighted by atomic mass is 9.72. The summed E-state index contributed by atoms with van der Waals surface area (Å²) < 4.78 is 0. The Balaban J connectivity index is 2.32. The van der Waals surface area contributed by atoms with E-state index in [0.717, 1.165) is 61.8 Å². The number of nitrogens with zero attached hydrogens (tertiary/aromatic N) is 2. The molecular formula is C27H42N4O2. The molecule has 1 aliphatic carbocycles. The van der Waals surface area contributed by atoms with Crippen LogP contribution in [0.1, 0.15) is 98.2 Å². The van der Waals surface area contributed by atoms with Crippen molar-refractivity contribution in [3.05, 3.63) is 40.5 Å². The third kappa shape index (κ3) is 6.52. The highest BCUT2D eigenvalue weighted by atomic mass is 16.2. The van der Waals surface area contributed by atoms with Gasteiger partial charge < -0.3 is 10.6 Å². The van der Waals surface area contributed by atoms with Crippen LogP contribution in [0, 0.1) is 5.92 Å². The quantitative estimate of drug-likeness (QED) is 0.351. The van der Waals surface area contributed by atoms with Crippen LogP contribution in [-0.2, 0) is 22.4 Å². The fourth-order valence-electron chi connectivity index (χ4n) is 4.72. The van der Waals surface area contributed by atoms with Crippen LogP contribution in [0.25, 0.3) is 0 Å². The normalized spacial score (nSPS) is 17.7. The van der Waals surface area contributed by atoms with Gasteiger partial charge in [0.25, 0.3) is 0 Å². The van der Waals surface area contributed by atoms with Gasteiger partial charge in [0.1, 0.15) is 12.1 Å². The van der Waals surface area contributed by atoms with Crippen LogP contribution >= 0.6 is 0 Å². The highest BCUT2D eigenvalue weighted by molar-refractivity contribution is 5.98. The summed E-state index contributed by atoms with van der Waals surface area (Å²) in [6, 6.07) is 0. The van der Waals surface area contributed by atoms with Gasteiger partial charge in [-0.1, -0.05) is 53.4 Å². The maximum atomic E-state index is 13.2. The van der Waals surface area contributed by atoms with Crippen molar-refractivity contribution in [2.45, 2.75) is 105 Å². The van der Waals surface area contributed by atoms with Crippen molar-refractivity contribution in [1.82, 2.24) is 15.3 Å². The second-order valence-electron chi connectivity index (χ2n) is 9.38. The highest BCUT2D eigenvalue weighted by Crippen LogP contribution is 2.36. The fourth-order valence-corrected chi connectivity index (χ4v) is 4.72. The monoisotopic (exact) mass is 454 g/mol. The van der Waals surface area contributed by atoms with Gasteiger partial charge in [-0.25, -0.2) is 9.97 Å². The number of Topliss-reactive ketones (excluding diaryl/α,β-unsaturated/α-hetero) is 1. The molecule has 0 bridgehead atoms. The van der Waals surface area contributed by atoms with Crippen LogP contribution in [0.5, 0.6) is 0 Å². The van der Waals surface area contributed by atoms with E-state index in [4.69, 9.17) is 0 Å². The van der Waals surface area contributed by atoms with Gasteiger partial charge in [-0.2, -0.15) is 0 Å². The number of hydrogen-bond donors (Lipinski definition) is 2. The third-order valence-corrected chi connectivity index (χ3v) is 7.31. The first kappa shape index (κ1) is 26.7. The van der Waals surface area contributed by atoms with Gasteiger partial charge >= 0.3 is 0 Å². The average molecular weight is 455 g/mol. The van der Waals surface area contributed by atoms with E-state index in [0.29, 0.717) is 23.0 Å². The molecule has 1 aliphatic rings. The largest absolute Gasteiger partial charge is 0.347 e. The van der Waals surface area contributed by atoms with Crippen LogP contribution in [0.3, 0.4) is 0 Å². The zero-order chi connectivity index (χ0) is 24.6. The van der Waals surface area contributed by atoms with E-state index in [1.165, 1.54) is 19.7 Å². The van der Waals surface area contributed by atoms with E-state index in [-0.39, 0.29) is 17.2 Å². The smallest absolute Gasteiger partial charge is 0.247 e. The Morgan fingerprint density at radius 1 is 1.06 bits per heavy atom. The Kier molecular flexibility index (Phi) is 9.81. The Labute approximate surface area is 199 Å². The molecule has 0 aromatic carbocycles. The number of aromatic nitrogens is 2. The summed E-state index contributed by atoms with van der Waals surface area (Å²) in [6.45, 7) is 13.8. The molecular weight excluding hydrogens is 412 g/mol. The minimum Gasteiger partial charge on any atom is -0.347 e. The molecule has 1 atom stereocenters. The van der Waals surface area contributed by atoms with Gasteiger partial charge in [0.05, 0.1) is 5.70 Å². The number of carbonyl (C=O) groups is 2. The molecule has 1 aromatic rings. The van der Waals surface area contributed by atoms with Crippen molar-refractivity contribution in [3.8, 4) is 0 Å². The number of hydrogen-bond acceptors (Lipinski definition) is 5. The van der Waals surface area contributed by atoms with Crippen LogP contribution in [0.4, 0.5) is 5.82 Å². The third-order valence-electron chi connectivity index (χ3n) is 7.31. The van der Waals surface area contributed by atoms with Crippen molar-refractivity contribution in [1.29, 1.82) is 0 Å². The average Bonchev–Trinajstić information content (AvgIpc) is 2.82. The molecule has 2 rings (SSSR count). The lowest BCUT2D eigenvalue weighted by Crippen LogP contribution is -2.54. The molecule has 0 spiro atoms. The first-order chi connectivity index (χ1) is 15.7. The second-order valence-corrected chi connectivity index (χ2v) is 9.38. The number of rotatable bonds is 10. The van der Waals surface area contributed by atoms with E-state index in [9.17, 15) is 9.59 Å². The van der Waals surface area contributed by atoms with Crippen LogP contribution in [0.2, 0.25) is 0 Å². The molecule has 1 amide bonds. The molecule has 1 heterocycles. The van der Waals surface area contributed by atoms with Crippen molar-refractivity contribution < 1.29 is 9.59 Å². The Hall–Kier alpha value is -2.50. The molecule has 0 aliphatic heterocycles. The van der Waals surface area contributed by atoms with Crippen molar-refractivity contribution in [2.75, 3.05) is 5.32 Å². The number of nitrogens with one attached hydrogen (secondary N) is 2. The topological polar surface area (TPSA) is 84.0 Å². The minimum atomic E-state index is -0.134. The van der Waals surface area contributed by atoms with E-state index >= 15 is 0 Å². The van der Waals surface area contributed by atoms with Crippen LogP contribution in [-0.4, -0.2) is 27.2 Å². The summed E-state index contributed by atoms with van der Waals surface area (Å²) in [6.07, 6.45) is 11.5. The standard InChI is InChI=1S/C27H42N4O2/c1-8-19(5)27(14-12-11-13-15-27)31-26(33)20(6)18(4)16-24(21(7)32)30-25-22(9-2)23(10-3)28-17-29-25/h16-17,19H,8-15H2,1-7H3,(H,31,33)(H,28,29,30)/b20-18+,24-16+. The number of allylic oxidation sites excluding steroid dienone is 3. The van der Waals surface area contributed by atoms with Crippen molar-refractivity contribution in [3.63, 3.8) is 0 Å². The maximum absolute atomic E-state index is 13.2. The van der Waals surface area contributed by atoms with Gasteiger partial charge in [0, 0.05) is 29.3 Å². The predicted molar refractivity (Wildman–Crippen MR) is 135 cm³/mol. The van der Waals surface area contributed by atoms with E-state index < -0.39 is 0 Å². The van der Waals surface area contributed by atoms with Gasteiger partial charge in [-0.3, -0.25) is 9.59 Å². The van der Waals surface area contributed by atoms with E-state index in [1.54, 1.807) is 6.08 Å². The highest BCUT2D eigenvalue weighted by Gasteiger charge is 2.38. The van der Waals surface area contributed by atoms with Crippen LogP contribution < -0.4 is 10.6 Å². The Morgan fingerprint density at radius 2 is 1.73 bits per heavy atom. The summed E-state index contributed by atoms with van der Waals surface area (Å²) in [5.74, 6) is 0.930. The molecule has 6 nitrogen and oxygen atoms in total. The molecule has 1 saturated carbocycles. The molecule has 2 N–H and O–H groups in total. The Morgan fingerprint density at radius 3 is 2.27 bits per heavy atom. The second kappa shape index (κ2) is 12.1. The molecule has 6 heteroatoms. The fraction of sp³-hybridized carbons (Fsp3) is 0.630. The summed E-state index contributed by atoms with van der Waals surface area (Å²) in [5, 5.41) is 6.61. The number of anilines is 1. The summed E-state index contributed by atoms with van der Waals surface area (Å²) >= 11 is 0. The molecule has 0 radical (unpaired) electrons. The van der Waals surface area contributed by atoms with Gasteiger partial charge in [0.2, 0.25) is 5.91 Å². The number of carbonyl (C=O) groups excluding carboxylic acids is 2. The summed E-state index contributed by atoms with van der Waals surface area (Å²) in [5.41, 5.74) is 3.67. The lowest BCUT2D eigenvalue weighted by molar-refractivity contribution is -0.120. The molecule has 33 heavy (non-hydrogen) atoms. The molecule has 1 unspecified atom stereocenters. The number of ketones is 1. The first-order valence-electron chi connectivity index (χ1n) is 12.5. The van der Waals surface area contributed by atoms with Crippen molar-refractivity contribution >= 4 is 17.5 Å². The summed E-state index contributed by atoms with van der Waals surface area (Å²) in [4.78, 5) is 34.4. The van der Waals surface area contributed by atoms with Crippen molar-refractivity contribution in [2.24, 2.45) is 5.92 Å². The molecule has 1 fully saturated rings. The number of amides is 1. The van der Waals surface area contributed by atoms with Gasteiger partial charge in [0.15, 0.2) is 5.78 Å². The Bertz CT molecular complexity index is 911. The lowest BCUT2D eigenvalue weighted by Gasteiger charge is -2.43. The molecule has 1 aromatic heterocycles. The minimum absolute atomic E-state index is 0.0431.